The molecule has 3 aromatic rings. The highest BCUT2D eigenvalue weighted by atomic mass is 32.1. The third-order valence-corrected chi connectivity index (χ3v) is 5.37. The topological polar surface area (TPSA) is 80.3 Å². The van der Waals surface area contributed by atoms with Gasteiger partial charge in [0.1, 0.15) is 5.75 Å². The molecule has 0 spiro atoms. The van der Waals surface area contributed by atoms with Crippen molar-refractivity contribution >= 4 is 34.0 Å². The van der Waals surface area contributed by atoms with E-state index in [2.05, 4.69) is 21.7 Å². The van der Waals surface area contributed by atoms with Crippen molar-refractivity contribution < 1.29 is 14.3 Å². The molecule has 2 amide bonds. The molecule has 0 atom stereocenters. The molecule has 1 aliphatic heterocycles. The van der Waals surface area contributed by atoms with E-state index in [1.807, 2.05) is 49.6 Å². The van der Waals surface area contributed by atoms with Crippen LogP contribution in [0.5, 0.6) is 5.75 Å². The molecule has 29 heavy (non-hydrogen) atoms. The van der Waals surface area contributed by atoms with E-state index in [1.54, 1.807) is 0 Å². The highest BCUT2D eigenvalue weighted by molar-refractivity contribution is 7.14. The van der Waals surface area contributed by atoms with Gasteiger partial charge < -0.3 is 10.1 Å². The van der Waals surface area contributed by atoms with E-state index in [1.165, 1.54) is 11.3 Å². The summed E-state index contributed by atoms with van der Waals surface area (Å²) in [5, 5.41) is 8.10. The second kappa shape index (κ2) is 8.05. The minimum absolute atomic E-state index is 0.0481. The van der Waals surface area contributed by atoms with Gasteiger partial charge in [-0.1, -0.05) is 12.1 Å². The maximum atomic E-state index is 12.2. The highest BCUT2D eigenvalue weighted by Gasteiger charge is 2.16. The summed E-state index contributed by atoms with van der Waals surface area (Å²) in [6.45, 7) is 3.91. The Bertz CT molecular complexity index is 1070. The molecule has 2 aromatic carbocycles. The van der Waals surface area contributed by atoms with Crippen molar-refractivity contribution in [2.75, 3.05) is 17.2 Å². The molecule has 0 saturated carbocycles. The van der Waals surface area contributed by atoms with Crippen LogP contribution in [0.25, 0.3) is 11.3 Å². The zero-order chi connectivity index (χ0) is 20.4. The Kier molecular flexibility index (Phi) is 5.31. The Hall–Kier alpha value is -3.19. The Balaban J connectivity index is 1.39. The predicted molar refractivity (Wildman–Crippen MR) is 115 cm³/mol. The van der Waals surface area contributed by atoms with Crippen molar-refractivity contribution in [2.24, 2.45) is 0 Å². The van der Waals surface area contributed by atoms with Crippen LogP contribution in [0, 0.1) is 13.8 Å². The van der Waals surface area contributed by atoms with Crippen LogP contribution in [0.3, 0.4) is 0 Å². The lowest BCUT2D eigenvalue weighted by Crippen LogP contribution is -2.20. The summed E-state index contributed by atoms with van der Waals surface area (Å²) in [6.07, 6.45) is 1.22. The average molecular weight is 407 g/mol. The molecular weight excluding hydrogens is 386 g/mol. The number of thiazole rings is 1. The molecule has 0 aliphatic carbocycles. The minimum atomic E-state index is -0.252. The van der Waals surface area contributed by atoms with Gasteiger partial charge in [0.05, 0.1) is 5.69 Å². The van der Waals surface area contributed by atoms with E-state index in [4.69, 9.17) is 4.74 Å². The SMILES string of the molecule is Cc1cc(C)cc(OCC(=O)Nc2nc(-c3ccc4c(c3)CCC(=O)N4)cs2)c1. The smallest absolute Gasteiger partial charge is 0.264 e. The number of fused-ring (bicyclic) bond motifs is 1. The first kappa shape index (κ1) is 19.1. The number of rotatable bonds is 5. The van der Waals surface area contributed by atoms with Gasteiger partial charge in [-0.3, -0.25) is 14.9 Å². The zero-order valence-electron chi connectivity index (χ0n) is 16.2. The van der Waals surface area contributed by atoms with Crippen LogP contribution in [0.15, 0.2) is 41.8 Å². The molecule has 0 fully saturated rings. The van der Waals surface area contributed by atoms with Crippen LogP contribution in [0.1, 0.15) is 23.1 Å². The second-order valence-corrected chi connectivity index (χ2v) is 7.98. The molecule has 7 heteroatoms. The van der Waals surface area contributed by atoms with E-state index in [-0.39, 0.29) is 18.4 Å². The summed E-state index contributed by atoms with van der Waals surface area (Å²) in [5.74, 6) is 0.476. The number of aromatic nitrogens is 1. The normalized spacial score (nSPS) is 12.8. The van der Waals surface area contributed by atoms with Gasteiger partial charge in [-0.05, 0) is 61.2 Å². The van der Waals surface area contributed by atoms with E-state index < -0.39 is 0 Å². The van der Waals surface area contributed by atoms with Crippen LogP contribution >= 0.6 is 11.3 Å². The molecular formula is C22H21N3O3S. The number of hydrogen-bond donors (Lipinski definition) is 2. The quantitative estimate of drug-likeness (QED) is 0.660. The van der Waals surface area contributed by atoms with Crippen LogP contribution in [-0.2, 0) is 16.0 Å². The maximum absolute atomic E-state index is 12.2. The van der Waals surface area contributed by atoms with Crippen molar-refractivity contribution in [1.82, 2.24) is 4.98 Å². The van der Waals surface area contributed by atoms with Gasteiger partial charge in [0.2, 0.25) is 5.91 Å². The molecule has 0 unspecified atom stereocenters. The number of ether oxygens (including phenoxy) is 1. The van der Waals surface area contributed by atoms with Crippen molar-refractivity contribution in [2.45, 2.75) is 26.7 Å². The summed E-state index contributed by atoms with van der Waals surface area (Å²) >= 11 is 1.37. The van der Waals surface area contributed by atoms with Gasteiger partial charge >= 0.3 is 0 Å². The fraction of sp³-hybridized carbons (Fsp3) is 0.227. The number of hydrogen-bond acceptors (Lipinski definition) is 5. The van der Waals surface area contributed by atoms with Gasteiger partial charge in [0.25, 0.3) is 5.91 Å². The fourth-order valence-corrected chi connectivity index (χ4v) is 4.06. The van der Waals surface area contributed by atoms with Crippen molar-refractivity contribution in [3.05, 3.63) is 58.5 Å². The lowest BCUT2D eigenvalue weighted by molar-refractivity contribution is -0.118. The molecule has 0 radical (unpaired) electrons. The van der Waals surface area contributed by atoms with Gasteiger partial charge in [-0.2, -0.15) is 0 Å². The first-order chi connectivity index (χ1) is 14.0. The summed E-state index contributed by atoms with van der Waals surface area (Å²) in [5.41, 5.74) is 5.90. The van der Waals surface area contributed by atoms with Crippen LogP contribution in [-0.4, -0.2) is 23.4 Å². The van der Waals surface area contributed by atoms with Gasteiger partial charge in [-0.25, -0.2) is 4.98 Å². The number of anilines is 2. The molecule has 148 valence electrons. The standard InChI is InChI=1S/C22H21N3O3S/c1-13-7-14(2)9-17(8-13)28-11-21(27)25-22-24-19(12-29-22)16-3-5-18-15(10-16)4-6-20(26)23-18/h3,5,7-10,12H,4,6,11H2,1-2H3,(H,23,26)(H,24,25,27). The van der Waals surface area contributed by atoms with Gasteiger partial charge in [0.15, 0.2) is 11.7 Å². The van der Waals surface area contributed by atoms with Crippen LogP contribution in [0.2, 0.25) is 0 Å². The van der Waals surface area contributed by atoms with E-state index in [9.17, 15) is 9.59 Å². The van der Waals surface area contributed by atoms with Crippen molar-refractivity contribution in [1.29, 1.82) is 0 Å². The number of nitrogens with one attached hydrogen (secondary N) is 2. The first-order valence-electron chi connectivity index (χ1n) is 9.36. The monoisotopic (exact) mass is 407 g/mol. The summed E-state index contributed by atoms with van der Waals surface area (Å²) in [4.78, 5) is 28.2. The Morgan fingerprint density at radius 1 is 1.17 bits per heavy atom. The highest BCUT2D eigenvalue weighted by Crippen LogP contribution is 2.30. The first-order valence-corrected chi connectivity index (χ1v) is 10.2. The van der Waals surface area contributed by atoms with E-state index in [0.717, 1.165) is 40.1 Å². The van der Waals surface area contributed by atoms with Gasteiger partial charge in [-0.15, -0.1) is 11.3 Å². The van der Waals surface area contributed by atoms with Crippen molar-refractivity contribution in [3.8, 4) is 17.0 Å². The summed E-state index contributed by atoms with van der Waals surface area (Å²) < 4.78 is 5.59. The molecule has 4 rings (SSSR count). The lowest BCUT2D eigenvalue weighted by atomic mass is 9.99. The number of carbonyl (C=O) groups excluding carboxylic acids is 2. The molecule has 2 heterocycles. The molecule has 1 aliphatic rings. The predicted octanol–water partition coefficient (Wildman–Crippen LogP) is 4.33. The zero-order valence-corrected chi connectivity index (χ0v) is 17.1. The number of nitrogens with zero attached hydrogens (tertiary/aromatic N) is 1. The number of carbonyl (C=O) groups is 2. The number of aryl methyl sites for hydroxylation is 3. The second-order valence-electron chi connectivity index (χ2n) is 7.12. The molecule has 0 bridgehead atoms. The summed E-state index contributed by atoms with van der Waals surface area (Å²) in [7, 11) is 0. The number of benzene rings is 2. The lowest BCUT2D eigenvalue weighted by Gasteiger charge is -2.17. The third-order valence-electron chi connectivity index (χ3n) is 4.61. The molecule has 1 aromatic heterocycles. The van der Waals surface area contributed by atoms with E-state index in [0.29, 0.717) is 17.3 Å². The Morgan fingerprint density at radius 2 is 1.97 bits per heavy atom. The van der Waals surface area contributed by atoms with Crippen LogP contribution in [0.4, 0.5) is 10.8 Å². The molecule has 2 N–H and O–H groups in total. The Labute approximate surface area is 172 Å². The fourth-order valence-electron chi connectivity index (χ4n) is 3.33. The average Bonchev–Trinajstić information content (AvgIpc) is 3.13. The van der Waals surface area contributed by atoms with E-state index >= 15 is 0 Å². The summed E-state index contributed by atoms with van der Waals surface area (Å²) in [6, 6.07) is 11.7. The maximum Gasteiger partial charge on any atom is 0.264 e. The minimum Gasteiger partial charge on any atom is -0.484 e. The third kappa shape index (κ3) is 4.63. The van der Waals surface area contributed by atoms with Gasteiger partial charge in [0, 0.05) is 23.1 Å². The van der Waals surface area contributed by atoms with Crippen molar-refractivity contribution in [3.63, 3.8) is 0 Å². The molecule has 0 saturated heterocycles. The number of amides is 2. The van der Waals surface area contributed by atoms with Crippen LogP contribution < -0.4 is 15.4 Å². The Morgan fingerprint density at radius 3 is 2.76 bits per heavy atom. The molecule has 6 nitrogen and oxygen atoms in total. The largest absolute Gasteiger partial charge is 0.484 e.